The standard InChI is InChI=1S/C22H22N2O/c1-15-13-19(22-18-10-5-6-11-21(18)25-23(22)4)17(3)20(14-15)24-12-8-7-9-16(24)2/h5-14H,1-4H3/q+2. The van der Waals surface area contributed by atoms with Gasteiger partial charge in [-0.3, -0.25) is 0 Å². The number of pyridine rings is 1. The van der Waals surface area contributed by atoms with Gasteiger partial charge in [-0.1, -0.05) is 18.2 Å². The van der Waals surface area contributed by atoms with E-state index in [9.17, 15) is 0 Å². The zero-order valence-electron chi connectivity index (χ0n) is 15.1. The molecular formula is C22H22N2O+2. The predicted molar refractivity (Wildman–Crippen MR) is 98.6 cm³/mol. The first-order chi connectivity index (χ1) is 12.1. The monoisotopic (exact) mass is 330 g/mol. The molecule has 0 saturated heterocycles. The van der Waals surface area contributed by atoms with Crippen LogP contribution < -0.4 is 9.31 Å². The van der Waals surface area contributed by atoms with Crippen LogP contribution in [0.1, 0.15) is 16.8 Å². The molecule has 0 amide bonds. The third-order valence-corrected chi connectivity index (χ3v) is 4.80. The minimum absolute atomic E-state index is 0.908. The van der Waals surface area contributed by atoms with Crippen LogP contribution in [0.2, 0.25) is 0 Å². The van der Waals surface area contributed by atoms with Crippen molar-refractivity contribution in [2.75, 3.05) is 0 Å². The van der Waals surface area contributed by atoms with Crippen LogP contribution in [0.25, 0.3) is 27.9 Å². The summed E-state index contributed by atoms with van der Waals surface area (Å²) in [6.07, 6.45) is 2.12. The van der Waals surface area contributed by atoms with Crippen molar-refractivity contribution < 1.29 is 13.8 Å². The Morgan fingerprint density at radius 3 is 2.44 bits per heavy atom. The molecule has 0 aliphatic heterocycles. The first-order valence-electron chi connectivity index (χ1n) is 8.53. The third kappa shape index (κ3) is 2.52. The van der Waals surface area contributed by atoms with Gasteiger partial charge in [-0.25, -0.2) is 4.52 Å². The van der Waals surface area contributed by atoms with E-state index >= 15 is 0 Å². The predicted octanol–water partition coefficient (Wildman–Crippen LogP) is 4.13. The van der Waals surface area contributed by atoms with E-state index < -0.39 is 0 Å². The van der Waals surface area contributed by atoms with Gasteiger partial charge in [0.2, 0.25) is 11.3 Å². The van der Waals surface area contributed by atoms with Crippen molar-refractivity contribution in [1.29, 1.82) is 0 Å². The van der Waals surface area contributed by atoms with Crippen LogP contribution in [0.15, 0.2) is 65.3 Å². The van der Waals surface area contributed by atoms with Crippen molar-refractivity contribution in [3.05, 3.63) is 77.6 Å². The highest BCUT2D eigenvalue weighted by molar-refractivity contribution is 5.91. The van der Waals surface area contributed by atoms with Gasteiger partial charge in [0.05, 0.1) is 5.56 Å². The lowest BCUT2D eigenvalue weighted by atomic mass is 9.98. The Morgan fingerprint density at radius 1 is 0.880 bits per heavy atom. The molecule has 3 nitrogen and oxygen atoms in total. The summed E-state index contributed by atoms with van der Waals surface area (Å²) in [6, 6.07) is 19.0. The van der Waals surface area contributed by atoms with Crippen molar-refractivity contribution >= 4 is 11.0 Å². The first kappa shape index (κ1) is 15.6. The summed E-state index contributed by atoms with van der Waals surface area (Å²) in [4.78, 5) is 0. The van der Waals surface area contributed by atoms with E-state index in [1.807, 2.05) is 23.9 Å². The molecule has 0 saturated carbocycles. The number of nitrogens with zero attached hydrogens (tertiary/aromatic N) is 2. The molecule has 3 heteroatoms. The quantitative estimate of drug-likeness (QED) is 0.506. The summed E-state index contributed by atoms with van der Waals surface area (Å²) < 4.78 is 10.0. The molecule has 0 spiro atoms. The maximum absolute atomic E-state index is 5.93. The number of hydrogen-bond acceptors (Lipinski definition) is 1. The van der Waals surface area contributed by atoms with Crippen LogP contribution in [-0.4, -0.2) is 0 Å². The van der Waals surface area contributed by atoms with E-state index in [0.29, 0.717) is 0 Å². The number of para-hydroxylation sites is 1. The van der Waals surface area contributed by atoms with Crippen LogP contribution >= 0.6 is 0 Å². The third-order valence-electron chi connectivity index (χ3n) is 4.80. The minimum atomic E-state index is 0.908. The molecule has 0 radical (unpaired) electrons. The van der Waals surface area contributed by atoms with Gasteiger partial charge < -0.3 is 0 Å². The van der Waals surface area contributed by atoms with Crippen molar-refractivity contribution in [2.45, 2.75) is 20.8 Å². The van der Waals surface area contributed by atoms with Crippen molar-refractivity contribution in [3.63, 3.8) is 0 Å². The molecular weight excluding hydrogens is 308 g/mol. The van der Waals surface area contributed by atoms with Gasteiger partial charge in [0.15, 0.2) is 18.9 Å². The van der Waals surface area contributed by atoms with E-state index in [-0.39, 0.29) is 0 Å². The van der Waals surface area contributed by atoms with Gasteiger partial charge in [0.1, 0.15) is 5.39 Å². The van der Waals surface area contributed by atoms with E-state index in [1.165, 1.54) is 28.1 Å². The fourth-order valence-corrected chi connectivity index (χ4v) is 3.55. The van der Waals surface area contributed by atoms with E-state index in [4.69, 9.17) is 4.52 Å². The summed E-state index contributed by atoms with van der Waals surface area (Å²) in [6.45, 7) is 6.47. The average Bonchev–Trinajstić information content (AvgIpc) is 2.93. The number of hydrogen-bond donors (Lipinski definition) is 0. The smallest absolute Gasteiger partial charge is 0.236 e. The average molecular weight is 330 g/mol. The molecule has 2 aromatic heterocycles. The summed E-state index contributed by atoms with van der Waals surface area (Å²) in [7, 11) is 1.97. The number of rotatable bonds is 2. The summed E-state index contributed by atoms with van der Waals surface area (Å²) in [5, 5.41) is 1.14. The zero-order chi connectivity index (χ0) is 17.6. The van der Waals surface area contributed by atoms with Gasteiger partial charge in [-0.2, -0.15) is 4.57 Å². The molecule has 0 aliphatic rings. The molecule has 0 bridgehead atoms. The molecule has 2 aromatic carbocycles. The molecule has 4 rings (SSSR count). The zero-order valence-corrected chi connectivity index (χ0v) is 15.1. The number of aromatic nitrogens is 2. The van der Waals surface area contributed by atoms with Crippen molar-refractivity contribution in [1.82, 2.24) is 0 Å². The van der Waals surface area contributed by atoms with Crippen LogP contribution in [-0.2, 0) is 7.05 Å². The number of fused-ring (bicyclic) bond motifs is 1. The summed E-state index contributed by atoms with van der Waals surface area (Å²) in [5.41, 5.74) is 8.13. The van der Waals surface area contributed by atoms with Crippen LogP contribution in [0, 0.1) is 20.8 Å². The van der Waals surface area contributed by atoms with E-state index in [0.717, 1.165) is 16.7 Å². The second-order valence-electron chi connectivity index (χ2n) is 6.60. The molecule has 25 heavy (non-hydrogen) atoms. The highest BCUT2D eigenvalue weighted by atomic mass is 16.5. The van der Waals surface area contributed by atoms with Crippen molar-refractivity contribution in [3.8, 4) is 16.9 Å². The van der Waals surface area contributed by atoms with Gasteiger partial charge in [0, 0.05) is 30.7 Å². The molecule has 0 unspecified atom stereocenters. The highest BCUT2D eigenvalue weighted by Crippen LogP contribution is 2.31. The summed E-state index contributed by atoms with van der Waals surface area (Å²) >= 11 is 0. The Kier molecular flexibility index (Phi) is 3.65. The first-order valence-corrected chi connectivity index (χ1v) is 8.53. The van der Waals surface area contributed by atoms with Crippen molar-refractivity contribution in [2.24, 2.45) is 7.05 Å². The molecule has 0 fully saturated rings. The SMILES string of the molecule is Cc1cc(-c2c3ccccc3o[n+]2C)c(C)c(-[n+]2ccccc2C)c1. The van der Waals surface area contributed by atoms with E-state index in [2.05, 4.69) is 74.0 Å². The molecule has 0 aliphatic carbocycles. The topological polar surface area (TPSA) is 20.9 Å². The second kappa shape index (κ2) is 5.85. The minimum Gasteiger partial charge on any atom is -0.236 e. The van der Waals surface area contributed by atoms with Gasteiger partial charge in [0.25, 0.3) is 5.69 Å². The number of aryl methyl sites for hydroxylation is 3. The Balaban J connectivity index is 2.04. The Hall–Kier alpha value is -2.94. The maximum atomic E-state index is 5.93. The molecule has 4 aromatic rings. The lowest BCUT2D eigenvalue weighted by molar-refractivity contribution is -0.832. The summed E-state index contributed by atoms with van der Waals surface area (Å²) in [5.74, 6) is 0. The van der Waals surface area contributed by atoms with Crippen LogP contribution in [0.5, 0.6) is 0 Å². The Morgan fingerprint density at radius 2 is 1.64 bits per heavy atom. The Bertz CT molecular complexity index is 1090. The Labute approximate surface area is 147 Å². The molecule has 0 atom stereocenters. The molecule has 124 valence electrons. The maximum Gasteiger partial charge on any atom is 0.269 e. The van der Waals surface area contributed by atoms with Crippen LogP contribution in [0.3, 0.4) is 0 Å². The van der Waals surface area contributed by atoms with E-state index in [1.54, 1.807) is 0 Å². The van der Waals surface area contributed by atoms with Gasteiger partial charge in [-0.05, 0) is 42.3 Å². The molecule has 0 N–H and O–H groups in total. The van der Waals surface area contributed by atoms with Gasteiger partial charge in [-0.15, -0.1) is 0 Å². The lowest BCUT2D eigenvalue weighted by Gasteiger charge is -2.08. The fourth-order valence-electron chi connectivity index (χ4n) is 3.55. The second-order valence-corrected chi connectivity index (χ2v) is 6.60. The lowest BCUT2D eigenvalue weighted by Crippen LogP contribution is -2.35. The molecule has 2 heterocycles. The number of benzene rings is 2. The fraction of sp³-hybridized carbons (Fsp3) is 0.182. The van der Waals surface area contributed by atoms with Gasteiger partial charge >= 0.3 is 0 Å². The largest absolute Gasteiger partial charge is 0.269 e. The highest BCUT2D eigenvalue weighted by Gasteiger charge is 2.26. The van der Waals surface area contributed by atoms with Crippen LogP contribution in [0.4, 0.5) is 0 Å². The normalized spacial score (nSPS) is 11.2.